The molecule has 1 aliphatic carbocycles. The van der Waals surface area contributed by atoms with Crippen LogP contribution < -0.4 is 5.32 Å². The van der Waals surface area contributed by atoms with Gasteiger partial charge < -0.3 is 5.32 Å². The minimum absolute atomic E-state index is 0.0335. The number of benzene rings is 1. The number of nitrogens with zero attached hydrogens (tertiary/aromatic N) is 2. The fourth-order valence-electron chi connectivity index (χ4n) is 2.29. The molecule has 6 nitrogen and oxygen atoms in total. The molecule has 0 unspecified atom stereocenters. The average molecular weight is 259 g/mol. The van der Waals surface area contributed by atoms with Gasteiger partial charge in [0.05, 0.1) is 11.0 Å². The summed E-state index contributed by atoms with van der Waals surface area (Å²) in [4.78, 5) is 22.1. The zero-order chi connectivity index (χ0) is 13.9. The molecule has 1 saturated carbocycles. The first kappa shape index (κ1) is 13.0. The van der Waals surface area contributed by atoms with E-state index >= 15 is 0 Å². The molecule has 0 heterocycles. The van der Waals surface area contributed by atoms with Crippen LogP contribution in [0.5, 0.6) is 0 Å². The number of rotatable bonds is 3. The Morgan fingerprint density at radius 2 is 1.89 bits per heavy atom. The Morgan fingerprint density at radius 3 is 2.37 bits per heavy atom. The molecule has 0 aromatic heterocycles. The second kappa shape index (κ2) is 5.06. The van der Waals surface area contributed by atoms with Crippen molar-refractivity contribution >= 4 is 17.3 Å². The zero-order valence-electron chi connectivity index (χ0n) is 10.3. The van der Waals surface area contributed by atoms with E-state index in [4.69, 9.17) is 0 Å². The van der Waals surface area contributed by atoms with E-state index in [0.717, 1.165) is 12.8 Å². The van der Waals surface area contributed by atoms with E-state index in [1.807, 2.05) is 0 Å². The molecule has 2 rings (SSSR count). The van der Waals surface area contributed by atoms with Crippen molar-refractivity contribution in [1.82, 2.24) is 0 Å². The summed E-state index contributed by atoms with van der Waals surface area (Å²) in [6, 6.07) is 7.69. The Bertz CT molecular complexity index is 539. The van der Waals surface area contributed by atoms with Crippen molar-refractivity contribution in [3.8, 4) is 6.07 Å². The van der Waals surface area contributed by atoms with Gasteiger partial charge in [0, 0.05) is 17.8 Å². The Balaban J connectivity index is 2.11. The van der Waals surface area contributed by atoms with Gasteiger partial charge in [-0.05, 0) is 25.0 Å². The van der Waals surface area contributed by atoms with Gasteiger partial charge in [-0.3, -0.25) is 14.9 Å². The summed E-state index contributed by atoms with van der Waals surface area (Å²) in [5.74, 6) is -0.318. The number of nitro groups is 1. The standard InChI is InChI=1S/C13H13N3O3/c14-9-13(7-1-2-8-13)12(17)15-10-3-5-11(6-4-10)16(18)19/h3-6H,1-2,7-8H2,(H,15,17). The maximum Gasteiger partial charge on any atom is 0.269 e. The summed E-state index contributed by atoms with van der Waals surface area (Å²) in [5.41, 5.74) is -0.507. The summed E-state index contributed by atoms with van der Waals surface area (Å²) < 4.78 is 0. The van der Waals surface area contributed by atoms with Crippen LogP contribution in [-0.4, -0.2) is 10.8 Å². The van der Waals surface area contributed by atoms with Crippen LogP contribution in [0.4, 0.5) is 11.4 Å². The van der Waals surface area contributed by atoms with Gasteiger partial charge in [0.25, 0.3) is 5.69 Å². The Kier molecular flexibility index (Phi) is 3.47. The normalized spacial score (nSPS) is 16.6. The lowest BCUT2D eigenvalue weighted by Crippen LogP contribution is -2.32. The van der Waals surface area contributed by atoms with Crippen LogP contribution >= 0.6 is 0 Å². The Morgan fingerprint density at radius 1 is 1.32 bits per heavy atom. The number of anilines is 1. The molecule has 1 aromatic rings. The van der Waals surface area contributed by atoms with Crippen molar-refractivity contribution < 1.29 is 9.72 Å². The van der Waals surface area contributed by atoms with Gasteiger partial charge in [0.1, 0.15) is 5.41 Å². The lowest BCUT2D eigenvalue weighted by atomic mass is 9.87. The van der Waals surface area contributed by atoms with E-state index in [1.54, 1.807) is 0 Å². The van der Waals surface area contributed by atoms with Crippen molar-refractivity contribution in [3.63, 3.8) is 0 Å². The largest absolute Gasteiger partial charge is 0.325 e. The van der Waals surface area contributed by atoms with E-state index in [1.165, 1.54) is 24.3 Å². The third kappa shape index (κ3) is 2.55. The molecular formula is C13H13N3O3. The summed E-state index contributed by atoms with van der Waals surface area (Å²) in [5, 5.41) is 22.4. The number of nitrogens with one attached hydrogen (secondary N) is 1. The quantitative estimate of drug-likeness (QED) is 0.666. The van der Waals surface area contributed by atoms with Gasteiger partial charge >= 0.3 is 0 Å². The van der Waals surface area contributed by atoms with Crippen molar-refractivity contribution in [1.29, 1.82) is 5.26 Å². The topological polar surface area (TPSA) is 96.0 Å². The van der Waals surface area contributed by atoms with Crippen LogP contribution in [0.3, 0.4) is 0 Å². The molecule has 19 heavy (non-hydrogen) atoms. The van der Waals surface area contributed by atoms with E-state index < -0.39 is 10.3 Å². The van der Waals surface area contributed by atoms with Crippen LogP contribution in [0.15, 0.2) is 24.3 Å². The maximum absolute atomic E-state index is 12.1. The molecule has 0 bridgehead atoms. The van der Waals surface area contributed by atoms with Crippen molar-refractivity contribution in [2.75, 3.05) is 5.32 Å². The molecule has 0 aliphatic heterocycles. The molecule has 0 atom stereocenters. The third-order valence-corrected chi connectivity index (χ3v) is 3.44. The van der Waals surface area contributed by atoms with Crippen LogP contribution in [-0.2, 0) is 4.79 Å². The fraction of sp³-hybridized carbons (Fsp3) is 0.385. The lowest BCUT2D eigenvalue weighted by molar-refractivity contribution is -0.384. The van der Waals surface area contributed by atoms with Crippen LogP contribution in [0.1, 0.15) is 25.7 Å². The second-order valence-corrected chi connectivity index (χ2v) is 4.66. The highest BCUT2D eigenvalue weighted by Crippen LogP contribution is 2.38. The third-order valence-electron chi connectivity index (χ3n) is 3.44. The van der Waals surface area contributed by atoms with E-state index in [2.05, 4.69) is 11.4 Å². The number of non-ortho nitro benzene ring substituents is 1. The first-order valence-electron chi connectivity index (χ1n) is 6.04. The predicted molar refractivity (Wildman–Crippen MR) is 68.2 cm³/mol. The van der Waals surface area contributed by atoms with Gasteiger partial charge in [0.15, 0.2) is 0 Å². The highest BCUT2D eigenvalue weighted by Gasteiger charge is 2.41. The Hall–Kier alpha value is -2.42. The van der Waals surface area contributed by atoms with Crippen molar-refractivity contribution in [2.24, 2.45) is 5.41 Å². The second-order valence-electron chi connectivity index (χ2n) is 4.66. The number of hydrogen-bond acceptors (Lipinski definition) is 4. The zero-order valence-corrected chi connectivity index (χ0v) is 10.3. The molecule has 0 radical (unpaired) electrons. The van der Waals surface area contributed by atoms with Crippen LogP contribution in [0.25, 0.3) is 0 Å². The molecular weight excluding hydrogens is 246 g/mol. The number of nitro benzene ring substituents is 1. The van der Waals surface area contributed by atoms with Gasteiger partial charge in [-0.25, -0.2) is 0 Å². The molecule has 1 aliphatic rings. The SMILES string of the molecule is N#CC1(C(=O)Nc2ccc([N+](=O)[O-])cc2)CCCC1. The molecule has 6 heteroatoms. The molecule has 0 saturated heterocycles. The van der Waals surface area contributed by atoms with Crippen molar-refractivity contribution in [3.05, 3.63) is 34.4 Å². The first-order chi connectivity index (χ1) is 9.07. The minimum atomic E-state index is -0.943. The smallest absolute Gasteiger partial charge is 0.269 e. The molecule has 1 fully saturated rings. The van der Waals surface area contributed by atoms with Crippen LogP contribution in [0, 0.1) is 26.9 Å². The molecule has 1 amide bonds. The summed E-state index contributed by atoms with van der Waals surface area (Å²) in [6.45, 7) is 0. The monoisotopic (exact) mass is 259 g/mol. The minimum Gasteiger partial charge on any atom is -0.325 e. The van der Waals surface area contributed by atoms with Gasteiger partial charge in [-0.2, -0.15) is 5.26 Å². The Labute approximate surface area is 110 Å². The van der Waals surface area contributed by atoms with Crippen LogP contribution in [0.2, 0.25) is 0 Å². The van der Waals surface area contributed by atoms with E-state index in [9.17, 15) is 20.2 Å². The summed E-state index contributed by atoms with van der Waals surface area (Å²) in [6.07, 6.45) is 2.90. The van der Waals surface area contributed by atoms with Gasteiger partial charge in [-0.15, -0.1) is 0 Å². The average Bonchev–Trinajstić information content (AvgIpc) is 2.89. The first-order valence-corrected chi connectivity index (χ1v) is 6.04. The van der Waals surface area contributed by atoms with E-state index in [-0.39, 0.29) is 11.6 Å². The number of carbonyl (C=O) groups is 1. The maximum atomic E-state index is 12.1. The predicted octanol–water partition coefficient (Wildman–Crippen LogP) is 2.62. The lowest BCUT2D eigenvalue weighted by Gasteiger charge is -2.19. The van der Waals surface area contributed by atoms with E-state index in [0.29, 0.717) is 18.5 Å². The van der Waals surface area contributed by atoms with Crippen molar-refractivity contribution in [2.45, 2.75) is 25.7 Å². The molecule has 1 N–H and O–H groups in total. The number of carbonyl (C=O) groups excluding carboxylic acids is 1. The molecule has 0 spiro atoms. The highest BCUT2D eigenvalue weighted by molar-refractivity contribution is 5.97. The summed E-state index contributed by atoms with van der Waals surface area (Å²) >= 11 is 0. The molecule has 98 valence electrons. The van der Waals surface area contributed by atoms with Gasteiger partial charge in [-0.1, -0.05) is 12.8 Å². The molecule has 1 aromatic carbocycles. The van der Waals surface area contributed by atoms with Gasteiger partial charge in [0.2, 0.25) is 5.91 Å². The number of nitriles is 1. The summed E-state index contributed by atoms with van der Waals surface area (Å²) in [7, 11) is 0. The number of amides is 1. The highest BCUT2D eigenvalue weighted by atomic mass is 16.6. The fourth-order valence-corrected chi connectivity index (χ4v) is 2.29. The number of hydrogen-bond donors (Lipinski definition) is 1.